The summed E-state index contributed by atoms with van der Waals surface area (Å²) < 4.78 is 21.1. The minimum Gasteiger partial charge on any atom is -0.768 e. The fourth-order valence-corrected chi connectivity index (χ4v) is 1.38. The standard InChI is InChI=1S/C9H10O2S/c1-7-5-3-4-6-9(7)8(2)12(10)11/h3-6H,2H2,1H3,(H,10,11)/p-1. The molecule has 1 aromatic rings. The van der Waals surface area contributed by atoms with Gasteiger partial charge in [-0.3, -0.25) is 4.21 Å². The van der Waals surface area contributed by atoms with Crippen LogP contribution in [0.25, 0.3) is 4.91 Å². The van der Waals surface area contributed by atoms with Gasteiger partial charge in [0.2, 0.25) is 0 Å². The van der Waals surface area contributed by atoms with Crippen molar-refractivity contribution in [3.05, 3.63) is 42.0 Å². The molecule has 3 heteroatoms. The van der Waals surface area contributed by atoms with Crippen molar-refractivity contribution in [1.29, 1.82) is 0 Å². The molecular formula is C9H9O2S-. The van der Waals surface area contributed by atoms with E-state index in [2.05, 4.69) is 6.58 Å². The molecule has 0 fully saturated rings. The van der Waals surface area contributed by atoms with Crippen LogP contribution >= 0.6 is 0 Å². The van der Waals surface area contributed by atoms with E-state index in [1.54, 1.807) is 12.1 Å². The van der Waals surface area contributed by atoms with E-state index < -0.39 is 11.1 Å². The summed E-state index contributed by atoms with van der Waals surface area (Å²) in [6, 6.07) is 7.25. The average Bonchev–Trinajstić information content (AvgIpc) is 2.04. The first-order valence-corrected chi connectivity index (χ1v) is 4.54. The molecule has 0 aliphatic carbocycles. The van der Waals surface area contributed by atoms with E-state index in [1.807, 2.05) is 19.1 Å². The quantitative estimate of drug-likeness (QED) is 0.653. The molecule has 0 N–H and O–H groups in total. The van der Waals surface area contributed by atoms with Crippen molar-refractivity contribution in [3.8, 4) is 0 Å². The van der Waals surface area contributed by atoms with E-state index in [1.165, 1.54) is 0 Å². The van der Waals surface area contributed by atoms with Gasteiger partial charge in [-0.15, -0.1) is 0 Å². The van der Waals surface area contributed by atoms with Crippen molar-refractivity contribution in [2.75, 3.05) is 0 Å². The summed E-state index contributed by atoms with van der Waals surface area (Å²) in [7, 11) is 0. The molecule has 0 saturated heterocycles. The predicted octanol–water partition coefficient (Wildman–Crippen LogP) is 1.84. The smallest absolute Gasteiger partial charge is 0.0252 e. The molecule has 1 aromatic carbocycles. The van der Waals surface area contributed by atoms with Crippen LogP contribution < -0.4 is 0 Å². The van der Waals surface area contributed by atoms with Crippen LogP contribution in [-0.4, -0.2) is 8.76 Å². The van der Waals surface area contributed by atoms with Gasteiger partial charge in [0, 0.05) is 4.91 Å². The highest BCUT2D eigenvalue weighted by atomic mass is 32.2. The highest BCUT2D eigenvalue weighted by Gasteiger charge is 2.00. The third-order valence-electron chi connectivity index (χ3n) is 1.65. The maximum atomic E-state index is 10.6. The zero-order valence-corrected chi connectivity index (χ0v) is 7.56. The summed E-state index contributed by atoms with van der Waals surface area (Å²) in [6.07, 6.45) is 0. The molecule has 0 aliphatic heterocycles. The second-order valence-corrected chi connectivity index (χ2v) is 3.44. The Bertz CT molecular complexity index is 331. The lowest BCUT2D eigenvalue weighted by Crippen LogP contribution is -1.93. The van der Waals surface area contributed by atoms with E-state index in [-0.39, 0.29) is 4.91 Å². The molecule has 0 bridgehead atoms. The number of hydrogen-bond acceptors (Lipinski definition) is 2. The van der Waals surface area contributed by atoms with E-state index in [9.17, 15) is 8.76 Å². The molecule has 0 heterocycles. The molecule has 64 valence electrons. The van der Waals surface area contributed by atoms with Gasteiger partial charge in [-0.2, -0.15) is 0 Å². The number of hydrogen-bond donors (Lipinski definition) is 0. The van der Waals surface area contributed by atoms with Gasteiger partial charge in [-0.1, -0.05) is 30.8 Å². The predicted molar refractivity (Wildman–Crippen MR) is 49.1 cm³/mol. The van der Waals surface area contributed by atoms with E-state index in [0.29, 0.717) is 5.56 Å². The van der Waals surface area contributed by atoms with E-state index in [0.717, 1.165) is 5.56 Å². The SMILES string of the molecule is C=C(c1ccccc1C)S(=O)[O-]. The Morgan fingerprint density at radius 1 is 1.50 bits per heavy atom. The lowest BCUT2D eigenvalue weighted by atomic mass is 10.1. The van der Waals surface area contributed by atoms with Crippen LogP contribution in [0.1, 0.15) is 11.1 Å². The second kappa shape index (κ2) is 3.65. The first kappa shape index (κ1) is 9.16. The van der Waals surface area contributed by atoms with Crippen molar-refractivity contribution < 1.29 is 8.76 Å². The third kappa shape index (κ3) is 1.81. The van der Waals surface area contributed by atoms with Crippen molar-refractivity contribution in [3.63, 3.8) is 0 Å². The molecule has 0 spiro atoms. The molecular weight excluding hydrogens is 172 g/mol. The Labute approximate surface area is 74.2 Å². The lowest BCUT2D eigenvalue weighted by Gasteiger charge is -2.10. The average molecular weight is 181 g/mol. The Hall–Kier alpha value is -0.930. The second-order valence-electron chi connectivity index (χ2n) is 2.47. The van der Waals surface area contributed by atoms with Gasteiger partial charge >= 0.3 is 0 Å². The fraction of sp³-hybridized carbons (Fsp3) is 0.111. The highest BCUT2D eigenvalue weighted by Crippen LogP contribution is 2.18. The topological polar surface area (TPSA) is 40.1 Å². The number of rotatable bonds is 2. The molecule has 0 radical (unpaired) electrons. The Kier molecular flexibility index (Phi) is 2.78. The van der Waals surface area contributed by atoms with Gasteiger partial charge < -0.3 is 4.55 Å². The normalized spacial score (nSPS) is 12.5. The fourth-order valence-electron chi connectivity index (χ4n) is 0.976. The van der Waals surface area contributed by atoms with E-state index in [4.69, 9.17) is 0 Å². The Balaban J connectivity index is 3.11. The zero-order valence-electron chi connectivity index (χ0n) is 6.74. The minimum absolute atomic E-state index is 0.146. The van der Waals surface area contributed by atoms with Crippen LogP contribution in [-0.2, 0) is 11.1 Å². The Morgan fingerprint density at radius 3 is 2.58 bits per heavy atom. The van der Waals surface area contributed by atoms with Crippen LogP contribution in [0.15, 0.2) is 30.8 Å². The monoisotopic (exact) mass is 181 g/mol. The van der Waals surface area contributed by atoms with Crippen LogP contribution in [0.4, 0.5) is 0 Å². The van der Waals surface area contributed by atoms with Gasteiger partial charge in [-0.05, 0) is 29.1 Å². The molecule has 12 heavy (non-hydrogen) atoms. The Morgan fingerprint density at radius 2 is 2.08 bits per heavy atom. The molecule has 1 atom stereocenters. The van der Waals surface area contributed by atoms with Gasteiger partial charge in [0.05, 0.1) is 0 Å². The van der Waals surface area contributed by atoms with Crippen molar-refractivity contribution in [2.24, 2.45) is 0 Å². The number of aryl methyl sites for hydroxylation is 1. The molecule has 1 unspecified atom stereocenters. The largest absolute Gasteiger partial charge is 0.768 e. The maximum absolute atomic E-state index is 10.6. The summed E-state index contributed by atoms with van der Waals surface area (Å²) >= 11 is -2.22. The van der Waals surface area contributed by atoms with Crippen LogP contribution in [0, 0.1) is 6.92 Å². The van der Waals surface area contributed by atoms with Crippen LogP contribution in [0.3, 0.4) is 0 Å². The van der Waals surface area contributed by atoms with Gasteiger partial charge in [0.1, 0.15) is 0 Å². The first-order chi connectivity index (χ1) is 5.63. The van der Waals surface area contributed by atoms with Gasteiger partial charge in [-0.25, -0.2) is 0 Å². The molecule has 0 amide bonds. The lowest BCUT2D eigenvalue weighted by molar-refractivity contribution is 0.548. The molecule has 0 aliphatic rings. The highest BCUT2D eigenvalue weighted by molar-refractivity contribution is 7.89. The van der Waals surface area contributed by atoms with Crippen molar-refractivity contribution in [1.82, 2.24) is 0 Å². The van der Waals surface area contributed by atoms with Gasteiger partial charge in [0.15, 0.2) is 0 Å². The molecule has 0 saturated carbocycles. The first-order valence-electron chi connectivity index (χ1n) is 3.47. The number of benzene rings is 1. The zero-order chi connectivity index (χ0) is 9.14. The summed E-state index contributed by atoms with van der Waals surface area (Å²) in [4.78, 5) is 0.146. The van der Waals surface area contributed by atoms with E-state index >= 15 is 0 Å². The summed E-state index contributed by atoms with van der Waals surface area (Å²) in [5.41, 5.74) is 1.61. The van der Waals surface area contributed by atoms with Crippen LogP contribution in [0.5, 0.6) is 0 Å². The summed E-state index contributed by atoms with van der Waals surface area (Å²) in [5.74, 6) is 0. The molecule has 1 rings (SSSR count). The summed E-state index contributed by atoms with van der Waals surface area (Å²) in [6.45, 7) is 5.33. The van der Waals surface area contributed by atoms with Crippen molar-refractivity contribution >= 4 is 16.0 Å². The third-order valence-corrected chi connectivity index (χ3v) is 2.27. The van der Waals surface area contributed by atoms with Crippen molar-refractivity contribution in [2.45, 2.75) is 6.92 Å². The minimum atomic E-state index is -2.22. The summed E-state index contributed by atoms with van der Waals surface area (Å²) in [5, 5.41) is 0. The van der Waals surface area contributed by atoms with Gasteiger partial charge in [0.25, 0.3) is 0 Å². The molecule has 0 aromatic heterocycles. The van der Waals surface area contributed by atoms with Crippen LogP contribution in [0.2, 0.25) is 0 Å². The maximum Gasteiger partial charge on any atom is 0.0252 e. The molecule has 2 nitrogen and oxygen atoms in total.